The molecule has 2 bridgehead atoms. The lowest BCUT2D eigenvalue weighted by Crippen LogP contribution is -2.57. The first-order valence-electron chi connectivity index (χ1n) is 12.6. The molecule has 3 heterocycles. The predicted molar refractivity (Wildman–Crippen MR) is 134 cm³/mol. The third-order valence-corrected chi connectivity index (χ3v) is 9.66. The Bertz CT molecular complexity index is 789. The van der Waals surface area contributed by atoms with Crippen LogP contribution in [0.4, 0.5) is 0 Å². The van der Waals surface area contributed by atoms with Gasteiger partial charge in [-0.15, -0.1) is 24.9 Å². The topological polar surface area (TPSA) is 87.1 Å². The molecule has 190 valence electrons. The first-order chi connectivity index (χ1) is 16.4. The summed E-state index contributed by atoms with van der Waals surface area (Å²) < 4.78 is 4.95. The highest BCUT2D eigenvalue weighted by Gasteiger charge is 2.76. The van der Waals surface area contributed by atoms with E-state index in [2.05, 4.69) is 27.0 Å². The van der Waals surface area contributed by atoms with Crippen molar-refractivity contribution in [3.05, 3.63) is 25.3 Å². The Morgan fingerprint density at radius 2 is 2.06 bits per heavy atom. The zero-order valence-electron chi connectivity index (χ0n) is 20.6. The predicted octanol–water partition coefficient (Wildman–Crippen LogP) is 3.03. The third kappa shape index (κ3) is 4.68. The molecule has 3 fully saturated rings. The largest absolute Gasteiger partial charge is 0.465 e. The highest BCUT2D eigenvalue weighted by atomic mass is 32.2. The number of hydrogen-bond acceptors (Lipinski definition) is 6. The molecular weight excluding hydrogens is 452 g/mol. The number of ether oxygens (including phenoxy) is 1. The molecule has 2 amide bonds. The number of carbonyl (C=O) groups excluding carboxylic acids is 3. The summed E-state index contributed by atoms with van der Waals surface area (Å²) in [6.45, 7) is 12.9. The van der Waals surface area contributed by atoms with Gasteiger partial charge in [-0.2, -0.15) is 0 Å². The number of unbranched alkanes of at least 4 members (excludes halogenated alkanes) is 3. The number of fused-ring (bicyclic) bond motifs is 1. The quantitative estimate of drug-likeness (QED) is 0.228. The van der Waals surface area contributed by atoms with Gasteiger partial charge in [-0.1, -0.05) is 32.4 Å². The molecule has 3 aliphatic rings. The molecule has 0 saturated carbocycles. The number of amides is 2. The van der Waals surface area contributed by atoms with Gasteiger partial charge in [0.2, 0.25) is 11.8 Å². The van der Waals surface area contributed by atoms with Gasteiger partial charge in [0.15, 0.2) is 0 Å². The number of nitrogens with zero attached hydrogens (tertiary/aromatic N) is 2. The maximum absolute atomic E-state index is 14.0. The smallest absolute Gasteiger partial charge is 0.310 e. The minimum absolute atomic E-state index is 0.0281. The van der Waals surface area contributed by atoms with Crippen LogP contribution in [0.5, 0.6) is 0 Å². The number of aliphatic hydroxyl groups is 1. The van der Waals surface area contributed by atoms with Crippen LogP contribution in [0.3, 0.4) is 0 Å². The lowest BCUT2D eigenvalue weighted by Gasteiger charge is -2.40. The summed E-state index contributed by atoms with van der Waals surface area (Å²) in [6.07, 6.45) is 8.69. The van der Waals surface area contributed by atoms with Crippen LogP contribution in [0.15, 0.2) is 25.3 Å². The van der Waals surface area contributed by atoms with Crippen molar-refractivity contribution < 1.29 is 24.2 Å². The molecule has 0 aromatic rings. The van der Waals surface area contributed by atoms with Gasteiger partial charge in [0.05, 0.1) is 29.8 Å². The average molecular weight is 493 g/mol. The Morgan fingerprint density at radius 1 is 1.29 bits per heavy atom. The fraction of sp³-hybridized carbons (Fsp3) is 0.731. The summed E-state index contributed by atoms with van der Waals surface area (Å²) in [5.74, 6) is -1.66. The third-order valence-electron chi connectivity index (χ3n) is 7.58. The van der Waals surface area contributed by atoms with Gasteiger partial charge in [-0.3, -0.25) is 14.4 Å². The standard InChI is InChI=1S/C26H40N2O5S/c1-5-8-10-11-16-33-25(32)20-19-17-18(4)26(34-19)21(20)23(30)28(14-15-29)22(26)24(31)27(12-7-3)13-9-6-2/h5,7,18-22,29H,1,3,6,8-17H2,2,4H3/t18?,19-,20+,21+,22?,26?/m1/s1. The molecular formula is C26H40N2O5S. The summed E-state index contributed by atoms with van der Waals surface area (Å²) in [5.41, 5.74) is 0. The SMILES string of the molecule is C=CCCCCOC(=O)[C@@H]1[C@H]2C(=O)N(CCO)C(C(=O)N(CC=C)CCCC)C23S[C@@H]1CC3C. The van der Waals surface area contributed by atoms with Crippen molar-refractivity contribution in [3.8, 4) is 0 Å². The van der Waals surface area contributed by atoms with Crippen LogP contribution in [0, 0.1) is 17.8 Å². The molecule has 3 aliphatic heterocycles. The normalized spacial score (nSPS) is 31.4. The Morgan fingerprint density at radius 3 is 2.71 bits per heavy atom. The minimum atomic E-state index is -0.690. The molecule has 3 saturated heterocycles. The second kappa shape index (κ2) is 11.8. The van der Waals surface area contributed by atoms with Gasteiger partial charge < -0.3 is 19.6 Å². The number of carbonyl (C=O) groups is 3. The molecule has 1 N–H and O–H groups in total. The van der Waals surface area contributed by atoms with E-state index in [4.69, 9.17) is 4.74 Å². The van der Waals surface area contributed by atoms with Crippen LogP contribution in [0.1, 0.15) is 52.4 Å². The van der Waals surface area contributed by atoms with E-state index in [1.165, 1.54) is 0 Å². The highest BCUT2D eigenvalue weighted by molar-refractivity contribution is 8.02. The van der Waals surface area contributed by atoms with Crippen molar-refractivity contribution in [2.24, 2.45) is 17.8 Å². The first kappa shape index (κ1) is 26.8. The summed E-state index contributed by atoms with van der Waals surface area (Å²) >= 11 is 1.64. The number of β-amino-alcohol motifs (C(OH)–C–C–N with tert-alkyl or cyclic N) is 1. The first-order valence-corrected chi connectivity index (χ1v) is 13.5. The minimum Gasteiger partial charge on any atom is -0.465 e. The van der Waals surface area contributed by atoms with Gasteiger partial charge >= 0.3 is 5.97 Å². The lowest BCUT2D eigenvalue weighted by atomic mass is 9.66. The number of hydrogen-bond donors (Lipinski definition) is 1. The Balaban J connectivity index is 1.89. The zero-order chi connectivity index (χ0) is 24.9. The van der Waals surface area contributed by atoms with Crippen molar-refractivity contribution in [1.82, 2.24) is 9.80 Å². The molecule has 34 heavy (non-hydrogen) atoms. The van der Waals surface area contributed by atoms with Crippen LogP contribution < -0.4 is 0 Å². The molecule has 7 nitrogen and oxygen atoms in total. The molecule has 8 heteroatoms. The zero-order valence-corrected chi connectivity index (χ0v) is 21.4. The lowest BCUT2D eigenvalue weighted by molar-refractivity contribution is -0.154. The summed E-state index contributed by atoms with van der Waals surface area (Å²) in [6, 6.07) is -0.690. The van der Waals surface area contributed by atoms with E-state index in [0.717, 1.165) is 38.5 Å². The number of likely N-dealkylation sites (tertiary alicyclic amines) is 1. The van der Waals surface area contributed by atoms with Gasteiger partial charge in [0.1, 0.15) is 6.04 Å². The monoisotopic (exact) mass is 492 g/mol. The van der Waals surface area contributed by atoms with E-state index in [-0.39, 0.29) is 42.1 Å². The molecule has 3 unspecified atom stereocenters. The summed E-state index contributed by atoms with van der Waals surface area (Å²) in [7, 11) is 0. The second-order valence-electron chi connectivity index (χ2n) is 9.69. The maximum Gasteiger partial charge on any atom is 0.310 e. The van der Waals surface area contributed by atoms with E-state index >= 15 is 0 Å². The number of aliphatic hydroxyl groups excluding tert-OH is 1. The highest BCUT2D eigenvalue weighted by Crippen LogP contribution is 2.68. The maximum atomic E-state index is 14.0. The average Bonchev–Trinajstić information content (AvgIpc) is 3.40. The summed E-state index contributed by atoms with van der Waals surface area (Å²) in [4.78, 5) is 44.2. The van der Waals surface area contributed by atoms with Gasteiger partial charge in [-0.25, -0.2) is 0 Å². The molecule has 1 spiro atoms. The van der Waals surface area contributed by atoms with E-state index in [1.54, 1.807) is 27.6 Å². The van der Waals surface area contributed by atoms with Crippen molar-refractivity contribution in [2.75, 3.05) is 32.8 Å². The molecule has 0 aliphatic carbocycles. The summed E-state index contributed by atoms with van der Waals surface area (Å²) in [5, 5.41) is 9.72. The van der Waals surface area contributed by atoms with Crippen molar-refractivity contribution in [1.29, 1.82) is 0 Å². The van der Waals surface area contributed by atoms with E-state index in [0.29, 0.717) is 19.7 Å². The van der Waals surface area contributed by atoms with Crippen molar-refractivity contribution in [2.45, 2.75) is 68.4 Å². The van der Waals surface area contributed by atoms with E-state index in [1.807, 2.05) is 6.08 Å². The Kier molecular flexibility index (Phi) is 9.27. The van der Waals surface area contributed by atoms with Crippen LogP contribution in [-0.4, -0.2) is 81.6 Å². The van der Waals surface area contributed by atoms with Crippen LogP contribution >= 0.6 is 11.8 Å². The number of allylic oxidation sites excluding steroid dienone is 1. The molecule has 0 aromatic carbocycles. The van der Waals surface area contributed by atoms with Crippen LogP contribution in [-0.2, 0) is 19.1 Å². The molecule has 0 radical (unpaired) electrons. The van der Waals surface area contributed by atoms with E-state index < -0.39 is 22.6 Å². The van der Waals surface area contributed by atoms with Crippen molar-refractivity contribution in [3.63, 3.8) is 0 Å². The number of thioether (sulfide) groups is 1. The second-order valence-corrected chi connectivity index (χ2v) is 11.2. The molecule has 3 rings (SSSR count). The van der Waals surface area contributed by atoms with Crippen LogP contribution in [0.2, 0.25) is 0 Å². The van der Waals surface area contributed by atoms with E-state index in [9.17, 15) is 19.5 Å². The molecule has 6 atom stereocenters. The van der Waals surface area contributed by atoms with Gasteiger partial charge in [0, 0.05) is 24.9 Å². The number of rotatable bonds is 14. The fourth-order valence-electron chi connectivity index (χ4n) is 6.04. The Labute approximate surface area is 208 Å². The van der Waals surface area contributed by atoms with Crippen molar-refractivity contribution >= 4 is 29.5 Å². The van der Waals surface area contributed by atoms with Gasteiger partial charge in [0.25, 0.3) is 0 Å². The molecule has 0 aromatic heterocycles. The van der Waals surface area contributed by atoms with Crippen LogP contribution in [0.25, 0.3) is 0 Å². The Hall–Kier alpha value is -1.80. The number of esters is 1. The van der Waals surface area contributed by atoms with Gasteiger partial charge in [-0.05, 0) is 38.0 Å². The fourth-order valence-corrected chi connectivity index (χ4v) is 8.45.